The first-order valence-electron chi connectivity index (χ1n) is 8.60. The van der Waals surface area contributed by atoms with Crippen LogP contribution in [0.1, 0.15) is 12.8 Å². The maximum atomic E-state index is 13.8. The predicted molar refractivity (Wildman–Crippen MR) is 94.2 cm³/mol. The number of hydrogen-bond donors (Lipinski definition) is 2. The summed E-state index contributed by atoms with van der Waals surface area (Å²) in [6.07, 6.45) is 7.24. The second-order valence-electron chi connectivity index (χ2n) is 6.77. The van der Waals surface area contributed by atoms with Crippen LogP contribution >= 0.6 is 0 Å². The van der Waals surface area contributed by atoms with Crippen molar-refractivity contribution in [1.82, 2.24) is 24.3 Å². The molecule has 0 spiro atoms. The maximum Gasteiger partial charge on any atom is 0.267 e. The van der Waals surface area contributed by atoms with Crippen LogP contribution < -0.4 is 5.32 Å². The first kappa shape index (κ1) is 16.1. The van der Waals surface area contributed by atoms with Gasteiger partial charge in [-0.05, 0) is 25.0 Å². The highest BCUT2D eigenvalue weighted by Gasteiger charge is 2.46. The summed E-state index contributed by atoms with van der Waals surface area (Å²) in [7, 11) is 0. The molecule has 1 aliphatic rings. The summed E-state index contributed by atoms with van der Waals surface area (Å²) in [6.45, 7) is -0.479. The van der Waals surface area contributed by atoms with Crippen molar-refractivity contribution in [3.8, 4) is 11.1 Å². The first-order valence-corrected chi connectivity index (χ1v) is 8.60. The number of nitrogens with one attached hydrogen (secondary N) is 2. The number of pyridine rings is 1. The van der Waals surface area contributed by atoms with Gasteiger partial charge in [0.25, 0.3) is 5.92 Å². The zero-order chi connectivity index (χ0) is 18.6. The number of anilines is 1. The number of fused-ring (bicyclic) bond motifs is 2. The minimum Gasteiger partial charge on any atom is -0.348 e. The van der Waals surface area contributed by atoms with E-state index in [0.29, 0.717) is 24.1 Å². The van der Waals surface area contributed by atoms with Crippen molar-refractivity contribution < 1.29 is 13.2 Å². The van der Waals surface area contributed by atoms with Gasteiger partial charge >= 0.3 is 0 Å². The summed E-state index contributed by atoms with van der Waals surface area (Å²) in [5.74, 6) is -3.59. The highest BCUT2D eigenvalue weighted by atomic mass is 19.3. The van der Waals surface area contributed by atoms with E-state index in [4.69, 9.17) is 0 Å². The summed E-state index contributed by atoms with van der Waals surface area (Å²) >= 11 is 0. The summed E-state index contributed by atoms with van der Waals surface area (Å²) < 4.78 is 42.7. The molecule has 0 atom stereocenters. The van der Waals surface area contributed by atoms with Crippen molar-refractivity contribution in [3.63, 3.8) is 0 Å². The Morgan fingerprint density at radius 1 is 1.22 bits per heavy atom. The van der Waals surface area contributed by atoms with Crippen LogP contribution in [0.2, 0.25) is 0 Å². The van der Waals surface area contributed by atoms with Crippen LogP contribution in [0.25, 0.3) is 27.8 Å². The first-order chi connectivity index (χ1) is 13.0. The van der Waals surface area contributed by atoms with E-state index in [9.17, 15) is 13.2 Å². The van der Waals surface area contributed by atoms with Gasteiger partial charge < -0.3 is 10.3 Å². The number of imidazole rings is 1. The topological polar surface area (TPSA) is 70.9 Å². The molecule has 2 N–H and O–H groups in total. The third-order valence-electron chi connectivity index (χ3n) is 4.86. The Kier molecular flexibility index (Phi) is 3.40. The zero-order valence-corrected chi connectivity index (χ0v) is 14.1. The summed E-state index contributed by atoms with van der Waals surface area (Å²) in [4.78, 5) is 15.4. The number of hydrogen-bond acceptors (Lipinski definition) is 4. The Balaban J connectivity index is 1.45. The number of halogens is 3. The van der Waals surface area contributed by atoms with E-state index in [1.807, 2.05) is 6.07 Å². The molecule has 9 heteroatoms. The highest BCUT2D eigenvalue weighted by molar-refractivity contribution is 5.93. The van der Waals surface area contributed by atoms with E-state index in [1.54, 1.807) is 24.7 Å². The molecule has 4 aromatic heterocycles. The Hall–Kier alpha value is -3.10. The quantitative estimate of drug-likeness (QED) is 0.558. The molecule has 0 unspecified atom stereocenters. The number of H-pyrrole nitrogens is 1. The lowest BCUT2D eigenvalue weighted by Crippen LogP contribution is -2.29. The smallest absolute Gasteiger partial charge is 0.267 e. The summed E-state index contributed by atoms with van der Waals surface area (Å²) in [5, 5.41) is 3.34. The molecule has 0 saturated heterocycles. The van der Waals surface area contributed by atoms with E-state index in [1.165, 1.54) is 4.40 Å². The van der Waals surface area contributed by atoms with Crippen molar-refractivity contribution in [1.29, 1.82) is 0 Å². The van der Waals surface area contributed by atoms with Gasteiger partial charge in [-0.2, -0.15) is 9.37 Å². The second kappa shape index (κ2) is 5.70. The molecular weight excluding hydrogens is 357 g/mol. The van der Waals surface area contributed by atoms with Gasteiger partial charge in [0.15, 0.2) is 0 Å². The third-order valence-corrected chi connectivity index (χ3v) is 4.86. The van der Waals surface area contributed by atoms with Gasteiger partial charge in [-0.1, -0.05) is 0 Å². The van der Waals surface area contributed by atoms with Crippen molar-refractivity contribution >= 4 is 22.6 Å². The monoisotopic (exact) mass is 372 g/mol. The number of aromatic nitrogens is 5. The van der Waals surface area contributed by atoms with Gasteiger partial charge in [-0.3, -0.25) is 4.40 Å². The fourth-order valence-corrected chi connectivity index (χ4v) is 3.19. The molecule has 0 aromatic carbocycles. The average Bonchev–Trinajstić information content (AvgIpc) is 3.36. The standard InChI is InChI=1S/C18H15F3N6/c19-14-7-22-15-4-1-10(8-27(14)15)12-5-23-16-13(12)6-24-17(26-16)25-9-18(20,21)11-2-3-11/h1,4-8,11H,2-3,9H2,(H2,23,24,25,26). The largest absolute Gasteiger partial charge is 0.348 e. The molecule has 0 bridgehead atoms. The molecule has 27 heavy (non-hydrogen) atoms. The molecule has 6 nitrogen and oxygen atoms in total. The molecule has 4 heterocycles. The summed E-state index contributed by atoms with van der Waals surface area (Å²) in [6, 6.07) is 3.54. The molecule has 138 valence electrons. The minimum absolute atomic E-state index is 0.146. The van der Waals surface area contributed by atoms with Crippen molar-refractivity contribution in [2.24, 2.45) is 5.92 Å². The number of alkyl halides is 2. The van der Waals surface area contributed by atoms with Crippen LogP contribution in [-0.4, -0.2) is 36.8 Å². The van der Waals surface area contributed by atoms with Gasteiger partial charge in [-0.25, -0.2) is 18.7 Å². The Morgan fingerprint density at radius 3 is 2.89 bits per heavy atom. The number of nitrogens with zero attached hydrogens (tertiary/aromatic N) is 4. The highest BCUT2D eigenvalue weighted by Crippen LogP contribution is 2.43. The Bertz CT molecular complexity index is 1140. The molecule has 0 aliphatic heterocycles. The normalized spacial score (nSPS) is 14.9. The Morgan fingerprint density at radius 2 is 2.07 bits per heavy atom. The molecule has 1 fully saturated rings. The van der Waals surface area contributed by atoms with E-state index >= 15 is 0 Å². The number of rotatable bonds is 5. The van der Waals surface area contributed by atoms with Crippen LogP contribution in [0.4, 0.5) is 19.1 Å². The van der Waals surface area contributed by atoms with Gasteiger partial charge in [0.1, 0.15) is 11.3 Å². The maximum absolute atomic E-state index is 13.8. The lowest BCUT2D eigenvalue weighted by molar-refractivity contribution is -0.00831. The van der Waals surface area contributed by atoms with Gasteiger partial charge in [-0.15, -0.1) is 0 Å². The molecule has 0 amide bonds. The van der Waals surface area contributed by atoms with Crippen LogP contribution in [0.5, 0.6) is 0 Å². The fourth-order valence-electron chi connectivity index (χ4n) is 3.19. The van der Waals surface area contributed by atoms with Crippen molar-refractivity contribution in [2.45, 2.75) is 18.8 Å². The molecule has 4 aromatic rings. The van der Waals surface area contributed by atoms with E-state index in [0.717, 1.165) is 22.7 Å². The van der Waals surface area contributed by atoms with Crippen LogP contribution in [0, 0.1) is 11.9 Å². The molecule has 5 rings (SSSR count). The lowest BCUT2D eigenvalue weighted by Gasteiger charge is -2.15. The van der Waals surface area contributed by atoms with E-state index in [-0.39, 0.29) is 5.95 Å². The SMILES string of the molecule is Fc1cnc2ccc(-c3c[nH]c4nc(NCC(F)(F)C5CC5)ncc34)cn12. The average molecular weight is 372 g/mol. The Labute approximate surface area is 151 Å². The second-order valence-corrected chi connectivity index (χ2v) is 6.77. The molecular formula is C18H15F3N6. The van der Waals surface area contributed by atoms with Gasteiger partial charge in [0.2, 0.25) is 11.9 Å². The van der Waals surface area contributed by atoms with Crippen molar-refractivity contribution in [3.05, 3.63) is 42.9 Å². The lowest BCUT2D eigenvalue weighted by atomic mass is 10.1. The predicted octanol–water partition coefficient (Wildman–Crippen LogP) is 3.87. The minimum atomic E-state index is -2.75. The van der Waals surface area contributed by atoms with Crippen LogP contribution in [-0.2, 0) is 0 Å². The number of aromatic amines is 1. The van der Waals surface area contributed by atoms with E-state index < -0.39 is 24.3 Å². The van der Waals surface area contributed by atoms with E-state index in [2.05, 4.69) is 25.3 Å². The molecule has 1 aliphatic carbocycles. The van der Waals surface area contributed by atoms with Gasteiger partial charge in [0.05, 0.1) is 12.7 Å². The summed E-state index contributed by atoms with van der Waals surface area (Å²) in [5.41, 5.74) is 2.57. The van der Waals surface area contributed by atoms with Gasteiger partial charge in [0, 0.05) is 41.0 Å². The third kappa shape index (κ3) is 2.79. The fraction of sp³-hybridized carbons (Fsp3) is 0.278. The zero-order valence-electron chi connectivity index (χ0n) is 14.1. The van der Waals surface area contributed by atoms with Crippen LogP contribution in [0.15, 0.2) is 36.9 Å². The van der Waals surface area contributed by atoms with Crippen LogP contribution in [0.3, 0.4) is 0 Å². The van der Waals surface area contributed by atoms with Crippen molar-refractivity contribution in [2.75, 3.05) is 11.9 Å². The molecule has 0 radical (unpaired) electrons. The molecule has 1 saturated carbocycles.